The summed E-state index contributed by atoms with van der Waals surface area (Å²) >= 11 is 7.84. The maximum Gasteiger partial charge on any atom is 0.254 e. The Balaban J connectivity index is 1.34. The second-order valence-corrected chi connectivity index (χ2v) is 10.4. The Kier molecular flexibility index (Phi) is 6.61. The number of benzene rings is 2. The molecule has 1 atom stereocenters. The van der Waals surface area contributed by atoms with Gasteiger partial charge in [-0.05, 0) is 73.5 Å². The SMILES string of the molecule is Cc1ccc(OCC2c3ccsc3CCN2C(=O)CN(C(=O)c2cccc(Cl)c2)C2CC2)cc1. The van der Waals surface area contributed by atoms with E-state index in [9.17, 15) is 9.59 Å². The fourth-order valence-electron chi connectivity index (χ4n) is 4.46. The molecule has 0 saturated heterocycles. The Morgan fingerprint density at radius 2 is 1.94 bits per heavy atom. The van der Waals surface area contributed by atoms with Crippen molar-refractivity contribution in [1.82, 2.24) is 9.80 Å². The molecule has 2 heterocycles. The van der Waals surface area contributed by atoms with Gasteiger partial charge in [-0.25, -0.2) is 0 Å². The van der Waals surface area contributed by atoms with Crippen molar-refractivity contribution in [1.29, 1.82) is 0 Å². The fourth-order valence-corrected chi connectivity index (χ4v) is 5.58. The Labute approximate surface area is 208 Å². The number of halogens is 1. The summed E-state index contributed by atoms with van der Waals surface area (Å²) in [5.74, 6) is 0.603. The topological polar surface area (TPSA) is 49.9 Å². The van der Waals surface area contributed by atoms with Crippen LogP contribution in [0.3, 0.4) is 0 Å². The largest absolute Gasteiger partial charge is 0.491 e. The van der Waals surface area contributed by atoms with Crippen molar-refractivity contribution in [2.45, 2.75) is 38.3 Å². The minimum Gasteiger partial charge on any atom is -0.491 e. The second-order valence-electron chi connectivity index (χ2n) is 8.95. The number of ether oxygens (including phenoxy) is 1. The first-order valence-electron chi connectivity index (χ1n) is 11.6. The molecule has 5 rings (SSSR count). The van der Waals surface area contributed by atoms with Crippen LogP contribution in [0.15, 0.2) is 60.0 Å². The maximum absolute atomic E-state index is 13.6. The Bertz CT molecular complexity index is 1190. The fraction of sp³-hybridized carbons (Fsp3) is 0.333. The summed E-state index contributed by atoms with van der Waals surface area (Å²) in [6.45, 7) is 3.11. The van der Waals surface area contributed by atoms with Gasteiger partial charge in [-0.15, -0.1) is 11.3 Å². The minimum absolute atomic E-state index is 0.0448. The summed E-state index contributed by atoms with van der Waals surface area (Å²) in [7, 11) is 0. The number of hydrogen-bond acceptors (Lipinski definition) is 4. The van der Waals surface area contributed by atoms with E-state index in [2.05, 4.69) is 11.4 Å². The van der Waals surface area contributed by atoms with E-state index >= 15 is 0 Å². The molecule has 1 unspecified atom stereocenters. The number of hydrogen-bond donors (Lipinski definition) is 0. The van der Waals surface area contributed by atoms with E-state index in [1.54, 1.807) is 40.5 Å². The van der Waals surface area contributed by atoms with E-state index < -0.39 is 0 Å². The van der Waals surface area contributed by atoms with Crippen molar-refractivity contribution in [2.24, 2.45) is 0 Å². The van der Waals surface area contributed by atoms with Crippen LogP contribution in [0.4, 0.5) is 0 Å². The molecule has 1 saturated carbocycles. The van der Waals surface area contributed by atoms with Gasteiger partial charge in [0, 0.05) is 28.0 Å². The molecule has 2 aliphatic rings. The molecule has 1 aliphatic heterocycles. The summed E-state index contributed by atoms with van der Waals surface area (Å²) in [5, 5.41) is 2.60. The predicted molar refractivity (Wildman–Crippen MR) is 135 cm³/mol. The van der Waals surface area contributed by atoms with E-state index in [0.29, 0.717) is 23.7 Å². The van der Waals surface area contributed by atoms with Gasteiger partial charge < -0.3 is 14.5 Å². The first kappa shape index (κ1) is 22.9. The van der Waals surface area contributed by atoms with Gasteiger partial charge in [0.15, 0.2) is 0 Å². The Morgan fingerprint density at radius 1 is 1.15 bits per heavy atom. The summed E-state index contributed by atoms with van der Waals surface area (Å²) in [6.07, 6.45) is 2.67. The van der Waals surface area contributed by atoms with Gasteiger partial charge >= 0.3 is 0 Å². The lowest BCUT2D eigenvalue weighted by Gasteiger charge is -2.37. The van der Waals surface area contributed by atoms with Gasteiger partial charge in [-0.3, -0.25) is 9.59 Å². The molecule has 2 aromatic carbocycles. The highest BCUT2D eigenvalue weighted by atomic mass is 35.5. The third-order valence-corrected chi connectivity index (χ3v) is 7.70. The standard InChI is InChI=1S/C27H27ClN2O3S/c1-18-5-9-22(10-6-18)33-17-24-23-12-14-34-25(23)11-13-29(24)26(31)16-30(21-7-8-21)27(32)19-3-2-4-20(28)15-19/h2-6,9-10,12,14-15,21,24H,7-8,11,13,16-17H2,1H3. The number of carbonyl (C=O) groups is 2. The van der Waals surface area contributed by atoms with E-state index in [0.717, 1.165) is 30.6 Å². The van der Waals surface area contributed by atoms with E-state index in [4.69, 9.17) is 16.3 Å². The molecule has 176 valence electrons. The van der Waals surface area contributed by atoms with Gasteiger partial charge in [0.2, 0.25) is 5.91 Å². The normalized spacial score (nSPS) is 17.2. The lowest BCUT2D eigenvalue weighted by molar-refractivity contribution is -0.135. The average Bonchev–Trinajstić information content (AvgIpc) is 3.57. The molecule has 5 nitrogen and oxygen atoms in total. The molecular formula is C27H27ClN2O3S. The van der Waals surface area contributed by atoms with E-state index in [1.165, 1.54) is 10.4 Å². The smallest absolute Gasteiger partial charge is 0.254 e. The zero-order chi connectivity index (χ0) is 23.7. The minimum atomic E-state index is -0.175. The van der Waals surface area contributed by atoms with Crippen molar-refractivity contribution < 1.29 is 14.3 Å². The van der Waals surface area contributed by atoms with Gasteiger partial charge in [0.1, 0.15) is 18.9 Å². The van der Waals surface area contributed by atoms with Gasteiger partial charge in [-0.2, -0.15) is 0 Å². The van der Waals surface area contributed by atoms with Crippen molar-refractivity contribution >= 4 is 34.8 Å². The lowest BCUT2D eigenvalue weighted by atomic mass is 10.0. The quantitative estimate of drug-likeness (QED) is 0.434. The molecule has 1 fully saturated rings. The maximum atomic E-state index is 13.6. The summed E-state index contributed by atoms with van der Waals surface area (Å²) in [6, 6.07) is 16.9. The number of aryl methyl sites for hydroxylation is 1. The van der Waals surface area contributed by atoms with E-state index in [-0.39, 0.29) is 30.4 Å². The van der Waals surface area contributed by atoms with Gasteiger partial charge in [0.05, 0.1) is 6.04 Å². The summed E-state index contributed by atoms with van der Waals surface area (Å²) in [5.41, 5.74) is 2.84. The van der Waals surface area contributed by atoms with Crippen LogP contribution < -0.4 is 4.74 Å². The molecule has 0 bridgehead atoms. The Morgan fingerprint density at radius 3 is 2.68 bits per heavy atom. The van der Waals surface area contributed by atoms with Crippen LogP contribution in [-0.2, 0) is 11.2 Å². The highest BCUT2D eigenvalue weighted by Crippen LogP contribution is 2.35. The van der Waals surface area contributed by atoms with Gasteiger partial charge in [-0.1, -0.05) is 35.4 Å². The number of thiophene rings is 1. The van der Waals surface area contributed by atoms with Crippen LogP contribution in [0.5, 0.6) is 5.75 Å². The van der Waals surface area contributed by atoms with Crippen LogP contribution in [0.2, 0.25) is 5.02 Å². The second kappa shape index (κ2) is 9.80. The first-order chi connectivity index (χ1) is 16.5. The summed E-state index contributed by atoms with van der Waals surface area (Å²) < 4.78 is 6.12. The van der Waals surface area contributed by atoms with Gasteiger partial charge in [0.25, 0.3) is 5.91 Å². The molecule has 7 heteroatoms. The molecule has 3 aromatic rings. The van der Waals surface area contributed by atoms with Crippen LogP contribution in [-0.4, -0.2) is 47.4 Å². The molecule has 34 heavy (non-hydrogen) atoms. The molecule has 1 aliphatic carbocycles. The molecule has 1 aromatic heterocycles. The van der Waals surface area contributed by atoms with Crippen molar-refractivity contribution in [3.63, 3.8) is 0 Å². The highest BCUT2D eigenvalue weighted by molar-refractivity contribution is 7.10. The van der Waals surface area contributed by atoms with Crippen LogP contribution in [0.25, 0.3) is 0 Å². The molecular weight excluding hydrogens is 468 g/mol. The average molecular weight is 495 g/mol. The van der Waals surface area contributed by atoms with E-state index in [1.807, 2.05) is 36.1 Å². The zero-order valence-corrected chi connectivity index (χ0v) is 20.6. The van der Waals surface area contributed by atoms with Crippen molar-refractivity contribution in [3.05, 3.63) is 86.6 Å². The zero-order valence-electron chi connectivity index (χ0n) is 19.1. The third kappa shape index (κ3) is 4.98. The summed E-state index contributed by atoms with van der Waals surface area (Å²) in [4.78, 5) is 31.8. The first-order valence-corrected chi connectivity index (χ1v) is 12.9. The van der Waals surface area contributed by atoms with Crippen LogP contribution in [0.1, 0.15) is 45.2 Å². The number of rotatable bonds is 7. The number of fused-ring (bicyclic) bond motifs is 1. The van der Waals surface area contributed by atoms with Crippen LogP contribution in [0, 0.1) is 6.92 Å². The van der Waals surface area contributed by atoms with Crippen molar-refractivity contribution in [2.75, 3.05) is 19.7 Å². The molecule has 2 amide bonds. The third-order valence-electron chi connectivity index (χ3n) is 6.47. The molecule has 0 spiro atoms. The predicted octanol–water partition coefficient (Wildman–Crippen LogP) is 5.52. The number of amides is 2. The molecule has 0 radical (unpaired) electrons. The number of carbonyl (C=O) groups excluding carboxylic acids is 2. The Hall–Kier alpha value is -2.83. The highest BCUT2D eigenvalue weighted by Gasteiger charge is 2.38. The lowest BCUT2D eigenvalue weighted by Crippen LogP contribution is -2.48. The number of nitrogens with zero attached hydrogens (tertiary/aromatic N) is 2. The monoisotopic (exact) mass is 494 g/mol. The van der Waals surface area contributed by atoms with Crippen LogP contribution >= 0.6 is 22.9 Å². The molecule has 0 N–H and O–H groups in total. The van der Waals surface area contributed by atoms with Crippen molar-refractivity contribution in [3.8, 4) is 5.75 Å².